The molecule has 2 aromatic heterocycles. The Bertz CT molecular complexity index is 954. The molecule has 1 aliphatic rings. The minimum absolute atomic E-state index is 0.00712. The lowest BCUT2D eigenvalue weighted by atomic mass is 9.91. The Labute approximate surface area is 151 Å². The van der Waals surface area contributed by atoms with Gasteiger partial charge in [-0.3, -0.25) is 4.79 Å². The van der Waals surface area contributed by atoms with Crippen molar-refractivity contribution in [2.24, 2.45) is 0 Å². The Morgan fingerprint density at radius 1 is 1.42 bits per heavy atom. The topological polar surface area (TPSA) is 70.9 Å². The van der Waals surface area contributed by atoms with Gasteiger partial charge in [0.25, 0.3) is 0 Å². The molecule has 0 fully saturated rings. The molecule has 4 rings (SSSR count). The summed E-state index contributed by atoms with van der Waals surface area (Å²) >= 11 is 0. The van der Waals surface area contributed by atoms with Crippen LogP contribution in [0.3, 0.4) is 0 Å². The van der Waals surface area contributed by atoms with E-state index in [-0.39, 0.29) is 17.8 Å². The van der Waals surface area contributed by atoms with Gasteiger partial charge >= 0.3 is 0 Å². The Kier molecular flexibility index (Phi) is 4.26. The number of benzene rings is 1. The number of H-pyrrole nitrogens is 1. The maximum atomic E-state index is 13.6. The van der Waals surface area contributed by atoms with Crippen LogP contribution >= 0.6 is 0 Å². The average molecular weight is 355 g/mol. The molecule has 1 atom stereocenters. The zero-order valence-corrected chi connectivity index (χ0v) is 15.0. The summed E-state index contributed by atoms with van der Waals surface area (Å²) in [6, 6.07) is 4.75. The van der Waals surface area contributed by atoms with Gasteiger partial charge in [-0.25, -0.2) is 4.39 Å². The zero-order valence-electron chi connectivity index (χ0n) is 15.0. The number of rotatable bonds is 4. The molecule has 1 unspecified atom stereocenters. The molecule has 0 saturated heterocycles. The molecule has 2 heterocycles. The van der Waals surface area contributed by atoms with Gasteiger partial charge in [-0.05, 0) is 63.3 Å². The fraction of sp³-hybridized carbons (Fsp3) is 0.400. The second-order valence-corrected chi connectivity index (χ2v) is 7.02. The Morgan fingerprint density at radius 3 is 3.04 bits per heavy atom. The van der Waals surface area contributed by atoms with Crippen LogP contribution in [-0.2, 0) is 17.6 Å². The van der Waals surface area contributed by atoms with Crippen molar-refractivity contribution in [2.45, 2.75) is 52.0 Å². The number of amides is 1. The number of hydrogen-bond acceptors (Lipinski definition) is 3. The van der Waals surface area contributed by atoms with Crippen LogP contribution in [-0.4, -0.2) is 16.0 Å². The highest BCUT2D eigenvalue weighted by molar-refractivity contribution is 5.85. The number of carbonyl (C=O) groups excluding carboxylic acids is 1. The number of hydrogen-bond donors (Lipinski definition) is 2. The first kappa shape index (κ1) is 16.8. The van der Waals surface area contributed by atoms with Crippen molar-refractivity contribution < 1.29 is 13.7 Å². The van der Waals surface area contributed by atoms with Gasteiger partial charge in [0.15, 0.2) is 0 Å². The normalized spacial score (nSPS) is 16.7. The van der Waals surface area contributed by atoms with Crippen LogP contribution in [0.2, 0.25) is 0 Å². The highest BCUT2D eigenvalue weighted by Gasteiger charge is 2.25. The van der Waals surface area contributed by atoms with Crippen LogP contribution < -0.4 is 5.32 Å². The Morgan fingerprint density at radius 2 is 2.27 bits per heavy atom. The van der Waals surface area contributed by atoms with E-state index in [1.807, 2.05) is 13.8 Å². The molecule has 3 aromatic rings. The molecule has 26 heavy (non-hydrogen) atoms. The molecule has 136 valence electrons. The summed E-state index contributed by atoms with van der Waals surface area (Å²) in [6.07, 6.45) is 3.78. The molecule has 0 bridgehead atoms. The van der Waals surface area contributed by atoms with Crippen LogP contribution in [0, 0.1) is 19.7 Å². The first-order chi connectivity index (χ1) is 12.5. The van der Waals surface area contributed by atoms with Gasteiger partial charge in [-0.1, -0.05) is 5.16 Å². The van der Waals surface area contributed by atoms with E-state index in [2.05, 4.69) is 15.5 Å². The molecule has 2 N–H and O–H groups in total. The SMILES string of the molecule is Cc1noc(C)c1CCC(=O)NC1CCCc2c1[nH]c1ccc(F)cc21. The van der Waals surface area contributed by atoms with Crippen LogP contribution in [0.4, 0.5) is 4.39 Å². The number of carbonyl (C=O) groups is 1. The average Bonchev–Trinajstić information content (AvgIpc) is 3.14. The van der Waals surface area contributed by atoms with Crippen molar-refractivity contribution in [1.82, 2.24) is 15.5 Å². The molecule has 0 spiro atoms. The van der Waals surface area contributed by atoms with Gasteiger partial charge in [0.05, 0.1) is 11.7 Å². The lowest BCUT2D eigenvalue weighted by Crippen LogP contribution is -2.31. The fourth-order valence-electron chi connectivity index (χ4n) is 3.94. The Balaban J connectivity index is 1.49. The molecule has 5 nitrogen and oxygen atoms in total. The highest BCUT2D eigenvalue weighted by Crippen LogP contribution is 2.35. The number of halogens is 1. The third-order valence-electron chi connectivity index (χ3n) is 5.29. The molecule has 1 aromatic carbocycles. The largest absolute Gasteiger partial charge is 0.361 e. The number of nitrogens with one attached hydrogen (secondary N) is 2. The summed E-state index contributed by atoms with van der Waals surface area (Å²) in [4.78, 5) is 15.9. The van der Waals surface area contributed by atoms with Gasteiger partial charge in [-0.2, -0.15) is 0 Å². The maximum absolute atomic E-state index is 13.6. The van der Waals surface area contributed by atoms with E-state index in [1.54, 1.807) is 12.1 Å². The zero-order chi connectivity index (χ0) is 18.3. The standard InChI is InChI=1S/C20H22FN3O2/c1-11-14(12(2)26-24-11)7-9-19(25)22-18-5-3-4-15-16-10-13(21)6-8-17(16)23-20(15)18/h6,8,10,18,23H,3-5,7,9H2,1-2H3,(H,22,25). The smallest absolute Gasteiger partial charge is 0.220 e. The second-order valence-electron chi connectivity index (χ2n) is 7.02. The Hall–Kier alpha value is -2.63. The first-order valence-corrected chi connectivity index (χ1v) is 9.04. The number of aromatic nitrogens is 2. The van der Waals surface area contributed by atoms with E-state index in [4.69, 9.17) is 4.52 Å². The van der Waals surface area contributed by atoms with Crippen LogP contribution in [0.5, 0.6) is 0 Å². The first-order valence-electron chi connectivity index (χ1n) is 9.04. The monoisotopic (exact) mass is 355 g/mol. The molecular weight excluding hydrogens is 333 g/mol. The second kappa shape index (κ2) is 6.59. The van der Waals surface area contributed by atoms with Crippen molar-refractivity contribution in [1.29, 1.82) is 0 Å². The van der Waals surface area contributed by atoms with Gasteiger partial charge < -0.3 is 14.8 Å². The third-order valence-corrected chi connectivity index (χ3v) is 5.29. The van der Waals surface area contributed by atoms with E-state index < -0.39 is 0 Å². The fourth-order valence-corrected chi connectivity index (χ4v) is 3.94. The van der Waals surface area contributed by atoms with Gasteiger partial charge in [-0.15, -0.1) is 0 Å². The minimum atomic E-state index is -0.232. The molecular formula is C20H22FN3O2. The number of nitrogens with zero attached hydrogens (tertiary/aromatic N) is 1. The quantitative estimate of drug-likeness (QED) is 0.742. The molecule has 6 heteroatoms. The predicted molar refractivity (Wildman–Crippen MR) is 96.4 cm³/mol. The van der Waals surface area contributed by atoms with Crippen molar-refractivity contribution >= 4 is 16.8 Å². The molecule has 0 radical (unpaired) electrons. The van der Waals surface area contributed by atoms with E-state index >= 15 is 0 Å². The van der Waals surface area contributed by atoms with E-state index in [1.165, 1.54) is 6.07 Å². The van der Waals surface area contributed by atoms with Gasteiger partial charge in [0.1, 0.15) is 11.6 Å². The summed E-state index contributed by atoms with van der Waals surface area (Å²) in [7, 11) is 0. The number of aryl methyl sites for hydroxylation is 3. The van der Waals surface area contributed by atoms with Crippen LogP contribution in [0.1, 0.15) is 53.6 Å². The molecule has 0 saturated carbocycles. The molecule has 0 aliphatic heterocycles. The van der Waals surface area contributed by atoms with Crippen LogP contribution in [0.25, 0.3) is 10.9 Å². The van der Waals surface area contributed by atoms with Crippen molar-refractivity contribution in [3.8, 4) is 0 Å². The summed E-state index contributed by atoms with van der Waals surface area (Å²) in [6.45, 7) is 3.75. The van der Waals surface area contributed by atoms with Gasteiger partial charge in [0.2, 0.25) is 5.91 Å². The number of aromatic amines is 1. The number of fused-ring (bicyclic) bond motifs is 3. The summed E-state index contributed by atoms with van der Waals surface area (Å²) < 4.78 is 18.7. The van der Waals surface area contributed by atoms with E-state index in [9.17, 15) is 9.18 Å². The van der Waals surface area contributed by atoms with Crippen molar-refractivity contribution in [3.05, 3.63) is 52.3 Å². The molecule has 1 amide bonds. The van der Waals surface area contributed by atoms with E-state index in [0.717, 1.165) is 58.4 Å². The minimum Gasteiger partial charge on any atom is -0.361 e. The maximum Gasteiger partial charge on any atom is 0.220 e. The van der Waals surface area contributed by atoms with Crippen molar-refractivity contribution in [2.75, 3.05) is 0 Å². The lowest BCUT2D eigenvalue weighted by molar-refractivity contribution is -0.121. The summed E-state index contributed by atoms with van der Waals surface area (Å²) in [5, 5.41) is 7.99. The molecule has 1 aliphatic carbocycles. The van der Waals surface area contributed by atoms with Gasteiger partial charge in [0, 0.05) is 28.6 Å². The van der Waals surface area contributed by atoms with Crippen molar-refractivity contribution in [3.63, 3.8) is 0 Å². The summed E-state index contributed by atoms with van der Waals surface area (Å²) in [5.41, 5.74) is 4.91. The third kappa shape index (κ3) is 3.00. The van der Waals surface area contributed by atoms with E-state index in [0.29, 0.717) is 12.8 Å². The highest BCUT2D eigenvalue weighted by atomic mass is 19.1. The lowest BCUT2D eigenvalue weighted by Gasteiger charge is -2.24. The summed E-state index contributed by atoms with van der Waals surface area (Å²) in [5.74, 6) is 0.547. The van der Waals surface area contributed by atoms with Crippen LogP contribution in [0.15, 0.2) is 22.7 Å². The predicted octanol–water partition coefficient (Wildman–Crippen LogP) is 4.04.